The lowest BCUT2D eigenvalue weighted by Gasteiger charge is -2.08. The summed E-state index contributed by atoms with van der Waals surface area (Å²) >= 11 is 11.7. The summed E-state index contributed by atoms with van der Waals surface area (Å²) in [6, 6.07) is 5.50. The van der Waals surface area contributed by atoms with Crippen LogP contribution in [0.15, 0.2) is 18.2 Å². The van der Waals surface area contributed by atoms with Gasteiger partial charge in [0.15, 0.2) is 0 Å². The van der Waals surface area contributed by atoms with Crippen molar-refractivity contribution < 1.29 is 4.79 Å². The Bertz CT molecular complexity index is 405. The molecule has 1 saturated carbocycles. The van der Waals surface area contributed by atoms with Gasteiger partial charge in [0.1, 0.15) is 0 Å². The molecule has 16 heavy (non-hydrogen) atoms. The lowest BCUT2D eigenvalue weighted by Crippen LogP contribution is -2.29. The summed E-state index contributed by atoms with van der Waals surface area (Å²) in [7, 11) is 0. The van der Waals surface area contributed by atoms with Gasteiger partial charge in [-0.25, -0.2) is 0 Å². The van der Waals surface area contributed by atoms with Gasteiger partial charge in [0, 0.05) is 11.1 Å². The predicted molar refractivity (Wildman–Crippen MR) is 66.1 cm³/mol. The minimum absolute atomic E-state index is 0.101. The van der Waals surface area contributed by atoms with E-state index in [9.17, 15) is 4.79 Å². The van der Waals surface area contributed by atoms with Crippen molar-refractivity contribution in [1.29, 1.82) is 0 Å². The summed E-state index contributed by atoms with van der Waals surface area (Å²) in [5.74, 6) is -0.101. The van der Waals surface area contributed by atoms with Crippen LogP contribution in [0.3, 0.4) is 0 Å². The first-order valence-electron chi connectivity index (χ1n) is 5.13. The molecule has 0 bridgehead atoms. The van der Waals surface area contributed by atoms with Crippen molar-refractivity contribution in [2.24, 2.45) is 0 Å². The highest BCUT2D eigenvalue weighted by Gasteiger charge is 2.21. The van der Waals surface area contributed by atoms with Crippen LogP contribution in [-0.4, -0.2) is 18.5 Å². The van der Waals surface area contributed by atoms with Crippen LogP contribution >= 0.6 is 23.2 Å². The molecule has 86 valence electrons. The number of halogens is 2. The number of carbonyl (C=O) groups is 1. The Morgan fingerprint density at radius 3 is 2.81 bits per heavy atom. The van der Waals surface area contributed by atoms with Crippen molar-refractivity contribution in [3.63, 3.8) is 0 Å². The van der Waals surface area contributed by atoms with Gasteiger partial charge < -0.3 is 10.6 Å². The number of amides is 1. The molecule has 0 saturated heterocycles. The molecule has 5 heteroatoms. The number of nitrogens with one attached hydrogen (secondary N) is 2. The van der Waals surface area contributed by atoms with Crippen molar-refractivity contribution in [3.05, 3.63) is 28.2 Å². The Balaban J connectivity index is 1.91. The van der Waals surface area contributed by atoms with E-state index in [2.05, 4.69) is 10.6 Å². The molecule has 2 N–H and O–H groups in total. The number of hydrogen-bond acceptors (Lipinski definition) is 2. The fourth-order valence-electron chi connectivity index (χ4n) is 1.31. The van der Waals surface area contributed by atoms with E-state index in [1.54, 1.807) is 18.2 Å². The smallest absolute Gasteiger partial charge is 0.238 e. The minimum atomic E-state index is -0.101. The Morgan fingerprint density at radius 1 is 1.38 bits per heavy atom. The topological polar surface area (TPSA) is 41.1 Å². The van der Waals surface area contributed by atoms with Gasteiger partial charge in [0.05, 0.1) is 17.3 Å². The molecule has 1 aromatic rings. The molecule has 0 heterocycles. The van der Waals surface area contributed by atoms with E-state index in [-0.39, 0.29) is 5.91 Å². The second-order valence-electron chi connectivity index (χ2n) is 3.83. The molecule has 1 aliphatic rings. The molecule has 0 unspecified atom stereocenters. The molecule has 0 radical (unpaired) electrons. The van der Waals surface area contributed by atoms with Crippen LogP contribution in [0.1, 0.15) is 12.8 Å². The third kappa shape index (κ3) is 3.37. The first-order valence-corrected chi connectivity index (χ1v) is 5.89. The number of benzene rings is 1. The highest BCUT2D eigenvalue weighted by Crippen LogP contribution is 2.25. The molecular formula is C11H12Cl2N2O. The van der Waals surface area contributed by atoms with Crippen LogP contribution in [0, 0.1) is 0 Å². The Labute approximate surface area is 104 Å². The van der Waals surface area contributed by atoms with Crippen LogP contribution in [0.25, 0.3) is 0 Å². The van der Waals surface area contributed by atoms with Crippen molar-refractivity contribution >= 4 is 34.8 Å². The van der Waals surface area contributed by atoms with E-state index in [1.807, 2.05) is 0 Å². The summed E-state index contributed by atoms with van der Waals surface area (Å²) in [5, 5.41) is 6.88. The van der Waals surface area contributed by atoms with E-state index >= 15 is 0 Å². The summed E-state index contributed by atoms with van der Waals surface area (Å²) in [6.45, 7) is 0.313. The van der Waals surface area contributed by atoms with Gasteiger partial charge in [-0.1, -0.05) is 23.2 Å². The van der Waals surface area contributed by atoms with E-state index in [0.717, 1.165) is 12.8 Å². The van der Waals surface area contributed by atoms with Crippen LogP contribution in [0.4, 0.5) is 5.69 Å². The van der Waals surface area contributed by atoms with E-state index in [4.69, 9.17) is 23.2 Å². The van der Waals surface area contributed by atoms with Gasteiger partial charge in [0.2, 0.25) is 5.91 Å². The van der Waals surface area contributed by atoms with Crippen molar-refractivity contribution in [2.75, 3.05) is 11.9 Å². The van der Waals surface area contributed by atoms with Crippen molar-refractivity contribution in [1.82, 2.24) is 5.32 Å². The van der Waals surface area contributed by atoms with Gasteiger partial charge in [-0.2, -0.15) is 0 Å². The quantitative estimate of drug-likeness (QED) is 0.872. The Morgan fingerprint density at radius 2 is 2.12 bits per heavy atom. The summed E-state index contributed by atoms with van der Waals surface area (Å²) < 4.78 is 0. The second-order valence-corrected chi connectivity index (χ2v) is 4.67. The summed E-state index contributed by atoms with van der Waals surface area (Å²) in [5.41, 5.74) is 0.553. The van der Waals surface area contributed by atoms with E-state index < -0.39 is 0 Å². The average molecular weight is 259 g/mol. The molecule has 0 aliphatic heterocycles. The van der Waals surface area contributed by atoms with Gasteiger partial charge >= 0.3 is 0 Å². The first-order chi connectivity index (χ1) is 7.65. The standard InChI is InChI=1S/C11H12Cl2N2O/c12-7-1-4-9(13)10(5-7)15-11(16)6-14-8-2-3-8/h1,4-5,8,14H,2-3,6H2,(H,15,16). The van der Waals surface area contributed by atoms with Crippen molar-refractivity contribution in [2.45, 2.75) is 18.9 Å². The number of anilines is 1. The summed E-state index contributed by atoms with van der Waals surface area (Å²) in [6.07, 6.45) is 2.32. The Hall–Kier alpha value is -0.770. The van der Waals surface area contributed by atoms with Gasteiger partial charge in [-0.15, -0.1) is 0 Å². The van der Waals surface area contributed by atoms with Crippen LogP contribution < -0.4 is 10.6 Å². The molecule has 1 fully saturated rings. The van der Waals surface area contributed by atoms with Gasteiger partial charge in [-0.3, -0.25) is 4.79 Å². The fourth-order valence-corrected chi connectivity index (χ4v) is 1.65. The SMILES string of the molecule is O=C(CNC1CC1)Nc1cc(Cl)ccc1Cl. The molecule has 1 aromatic carbocycles. The van der Waals surface area contributed by atoms with Gasteiger partial charge in [-0.05, 0) is 31.0 Å². The van der Waals surface area contributed by atoms with E-state index in [1.165, 1.54) is 0 Å². The van der Waals surface area contributed by atoms with E-state index in [0.29, 0.717) is 28.3 Å². The fraction of sp³-hybridized carbons (Fsp3) is 0.364. The zero-order valence-corrected chi connectivity index (χ0v) is 10.1. The highest BCUT2D eigenvalue weighted by molar-refractivity contribution is 6.35. The highest BCUT2D eigenvalue weighted by atomic mass is 35.5. The normalized spacial score (nSPS) is 14.9. The minimum Gasteiger partial charge on any atom is -0.324 e. The lowest BCUT2D eigenvalue weighted by atomic mass is 10.3. The maximum atomic E-state index is 11.5. The summed E-state index contributed by atoms with van der Waals surface area (Å²) in [4.78, 5) is 11.5. The average Bonchev–Trinajstić information content (AvgIpc) is 3.04. The third-order valence-electron chi connectivity index (χ3n) is 2.33. The number of rotatable bonds is 4. The second kappa shape index (κ2) is 5.04. The van der Waals surface area contributed by atoms with Crippen LogP contribution in [0.5, 0.6) is 0 Å². The molecule has 1 amide bonds. The number of carbonyl (C=O) groups excluding carboxylic acids is 1. The molecular weight excluding hydrogens is 247 g/mol. The lowest BCUT2D eigenvalue weighted by molar-refractivity contribution is -0.115. The van der Waals surface area contributed by atoms with Gasteiger partial charge in [0.25, 0.3) is 0 Å². The maximum Gasteiger partial charge on any atom is 0.238 e. The first kappa shape index (κ1) is 11.7. The molecule has 2 rings (SSSR count). The molecule has 1 aliphatic carbocycles. The van der Waals surface area contributed by atoms with Crippen LogP contribution in [0.2, 0.25) is 10.0 Å². The Kier molecular flexibility index (Phi) is 3.69. The molecule has 0 atom stereocenters. The molecule has 3 nitrogen and oxygen atoms in total. The zero-order valence-electron chi connectivity index (χ0n) is 8.59. The van der Waals surface area contributed by atoms with Crippen molar-refractivity contribution in [3.8, 4) is 0 Å². The zero-order chi connectivity index (χ0) is 11.5. The maximum absolute atomic E-state index is 11.5. The molecule has 0 aromatic heterocycles. The number of hydrogen-bond donors (Lipinski definition) is 2. The third-order valence-corrected chi connectivity index (χ3v) is 2.90. The predicted octanol–water partition coefficient (Wildman–Crippen LogP) is 2.68. The van der Waals surface area contributed by atoms with Crippen LogP contribution in [-0.2, 0) is 4.79 Å². The molecule has 0 spiro atoms. The monoisotopic (exact) mass is 258 g/mol. The largest absolute Gasteiger partial charge is 0.324 e.